The lowest BCUT2D eigenvalue weighted by molar-refractivity contribution is 0.0641. The van der Waals surface area contributed by atoms with E-state index in [4.69, 9.17) is 11.6 Å². The summed E-state index contributed by atoms with van der Waals surface area (Å²) < 4.78 is 1.08. The topological polar surface area (TPSA) is 20.3 Å². The number of nitrogens with zero attached hydrogens (tertiary/aromatic N) is 1. The molecule has 0 spiro atoms. The Morgan fingerprint density at radius 1 is 1.37 bits per heavy atom. The zero-order valence-electron chi connectivity index (χ0n) is 10.9. The van der Waals surface area contributed by atoms with Crippen LogP contribution in [0.1, 0.15) is 35.9 Å². The van der Waals surface area contributed by atoms with Crippen molar-refractivity contribution in [2.75, 3.05) is 6.54 Å². The third-order valence-corrected chi connectivity index (χ3v) is 5.46. The van der Waals surface area contributed by atoms with Gasteiger partial charge in [-0.2, -0.15) is 0 Å². The molecule has 1 aromatic carbocycles. The molecule has 1 atom stereocenters. The molecule has 100 valence electrons. The summed E-state index contributed by atoms with van der Waals surface area (Å²) >= 11 is 7.89. The number of piperidine rings is 1. The van der Waals surface area contributed by atoms with Gasteiger partial charge >= 0.3 is 0 Å². The number of benzene rings is 1. The molecule has 2 aromatic rings. The van der Waals surface area contributed by atoms with Gasteiger partial charge in [-0.25, -0.2) is 0 Å². The van der Waals surface area contributed by atoms with Crippen LogP contribution in [0.15, 0.2) is 24.3 Å². The van der Waals surface area contributed by atoms with Crippen LogP contribution in [0.4, 0.5) is 0 Å². The quantitative estimate of drug-likeness (QED) is 0.754. The highest BCUT2D eigenvalue weighted by molar-refractivity contribution is 7.21. The Balaban J connectivity index is 1.99. The van der Waals surface area contributed by atoms with Gasteiger partial charge in [-0.1, -0.05) is 29.8 Å². The number of carbonyl (C=O) groups excluding carboxylic acids is 1. The number of hydrogen-bond acceptors (Lipinski definition) is 2. The van der Waals surface area contributed by atoms with E-state index < -0.39 is 0 Å². The maximum atomic E-state index is 12.7. The predicted octanol–water partition coefficient (Wildman–Crippen LogP) is 4.57. The van der Waals surface area contributed by atoms with Gasteiger partial charge < -0.3 is 4.90 Å². The van der Waals surface area contributed by atoms with Crippen LogP contribution in [0.2, 0.25) is 5.02 Å². The minimum Gasteiger partial charge on any atom is -0.335 e. The van der Waals surface area contributed by atoms with Gasteiger partial charge in [0, 0.05) is 22.7 Å². The van der Waals surface area contributed by atoms with Gasteiger partial charge in [-0.15, -0.1) is 11.3 Å². The maximum absolute atomic E-state index is 12.7. The second kappa shape index (κ2) is 5.14. The Morgan fingerprint density at radius 3 is 2.89 bits per heavy atom. The molecule has 2 heterocycles. The summed E-state index contributed by atoms with van der Waals surface area (Å²) in [6.07, 6.45) is 3.40. The first-order valence-electron chi connectivity index (χ1n) is 6.66. The first-order chi connectivity index (χ1) is 9.18. The fraction of sp³-hybridized carbons (Fsp3) is 0.400. The van der Waals surface area contributed by atoms with Crippen LogP contribution in [0, 0.1) is 0 Å². The fourth-order valence-electron chi connectivity index (χ4n) is 2.68. The summed E-state index contributed by atoms with van der Waals surface area (Å²) in [7, 11) is 0. The summed E-state index contributed by atoms with van der Waals surface area (Å²) in [6.45, 7) is 2.98. The highest BCUT2D eigenvalue weighted by Gasteiger charge is 2.27. The van der Waals surface area contributed by atoms with Crippen molar-refractivity contribution in [3.63, 3.8) is 0 Å². The van der Waals surface area contributed by atoms with E-state index >= 15 is 0 Å². The fourth-order valence-corrected chi connectivity index (χ4v) is 4.15. The Bertz CT molecular complexity index is 622. The molecule has 0 radical (unpaired) electrons. The van der Waals surface area contributed by atoms with Crippen LogP contribution in [0.5, 0.6) is 0 Å². The summed E-state index contributed by atoms with van der Waals surface area (Å²) in [4.78, 5) is 15.3. The molecule has 4 heteroatoms. The van der Waals surface area contributed by atoms with Crippen molar-refractivity contribution in [3.8, 4) is 0 Å². The zero-order chi connectivity index (χ0) is 13.4. The van der Waals surface area contributed by atoms with Crippen molar-refractivity contribution in [3.05, 3.63) is 34.2 Å². The van der Waals surface area contributed by atoms with Crippen LogP contribution in [0.3, 0.4) is 0 Å². The van der Waals surface area contributed by atoms with Crippen LogP contribution in [-0.2, 0) is 0 Å². The molecule has 3 rings (SSSR count). The molecule has 0 aliphatic carbocycles. The number of rotatable bonds is 1. The Morgan fingerprint density at radius 2 is 2.16 bits per heavy atom. The van der Waals surface area contributed by atoms with Crippen LogP contribution in [0.25, 0.3) is 10.1 Å². The SMILES string of the molecule is C[C@H]1CCCCN1C(=O)c1sc2ccccc2c1Cl. The lowest BCUT2D eigenvalue weighted by Crippen LogP contribution is -2.41. The number of halogens is 1. The minimum absolute atomic E-state index is 0.0957. The Kier molecular flexibility index (Phi) is 3.50. The van der Waals surface area contributed by atoms with E-state index in [9.17, 15) is 4.79 Å². The largest absolute Gasteiger partial charge is 0.335 e. The van der Waals surface area contributed by atoms with E-state index in [1.807, 2.05) is 29.2 Å². The van der Waals surface area contributed by atoms with E-state index in [1.54, 1.807) is 0 Å². The first kappa shape index (κ1) is 12.9. The lowest BCUT2D eigenvalue weighted by Gasteiger charge is -2.33. The number of thiophene rings is 1. The van der Waals surface area contributed by atoms with Crippen molar-refractivity contribution >= 4 is 38.9 Å². The number of fused-ring (bicyclic) bond motifs is 1. The van der Waals surface area contributed by atoms with Crippen molar-refractivity contribution < 1.29 is 4.79 Å². The number of carbonyl (C=O) groups is 1. The van der Waals surface area contributed by atoms with Crippen LogP contribution < -0.4 is 0 Å². The molecule has 2 nitrogen and oxygen atoms in total. The van der Waals surface area contributed by atoms with Gasteiger partial charge in [0.25, 0.3) is 5.91 Å². The molecule has 0 N–H and O–H groups in total. The van der Waals surface area contributed by atoms with Gasteiger partial charge in [0.15, 0.2) is 0 Å². The number of likely N-dealkylation sites (tertiary alicyclic amines) is 1. The van der Waals surface area contributed by atoms with Crippen LogP contribution in [-0.4, -0.2) is 23.4 Å². The van der Waals surface area contributed by atoms with Crippen molar-refractivity contribution in [1.82, 2.24) is 4.90 Å². The molecular formula is C15H16ClNOS. The zero-order valence-corrected chi connectivity index (χ0v) is 12.4. The molecule has 0 unspecified atom stereocenters. The van der Waals surface area contributed by atoms with Gasteiger partial charge in [-0.05, 0) is 32.3 Å². The average molecular weight is 294 g/mol. The normalized spacial score (nSPS) is 19.9. The molecule has 1 fully saturated rings. The van der Waals surface area contributed by atoms with Gasteiger partial charge in [0.05, 0.1) is 5.02 Å². The van der Waals surface area contributed by atoms with Gasteiger partial charge in [0.2, 0.25) is 0 Å². The maximum Gasteiger partial charge on any atom is 0.265 e. The molecule has 1 aromatic heterocycles. The molecule has 0 bridgehead atoms. The van der Waals surface area contributed by atoms with E-state index in [0.717, 1.165) is 29.5 Å². The number of hydrogen-bond donors (Lipinski definition) is 0. The summed E-state index contributed by atoms with van der Waals surface area (Å²) in [5.74, 6) is 0.0957. The van der Waals surface area contributed by atoms with E-state index in [2.05, 4.69) is 6.92 Å². The molecule has 0 saturated carbocycles. The second-order valence-corrected chi connectivity index (χ2v) is 6.51. The summed E-state index contributed by atoms with van der Waals surface area (Å²) in [6, 6.07) is 8.25. The molecule has 1 saturated heterocycles. The monoisotopic (exact) mass is 293 g/mol. The first-order valence-corrected chi connectivity index (χ1v) is 7.86. The highest BCUT2D eigenvalue weighted by atomic mass is 35.5. The van der Waals surface area contributed by atoms with Gasteiger partial charge in [0.1, 0.15) is 4.88 Å². The molecule has 19 heavy (non-hydrogen) atoms. The third-order valence-electron chi connectivity index (χ3n) is 3.79. The van der Waals surface area contributed by atoms with E-state index in [1.165, 1.54) is 17.8 Å². The highest BCUT2D eigenvalue weighted by Crippen LogP contribution is 2.36. The Hall–Kier alpha value is -1.06. The van der Waals surface area contributed by atoms with Crippen LogP contribution >= 0.6 is 22.9 Å². The summed E-state index contributed by atoms with van der Waals surface area (Å²) in [5, 5.41) is 1.60. The molecule has 1 aliphatic heterocycles. The van der Waals surface area contributed by atoms with E-state index in [-0.39, 0.29) is 5.91 Å². The lowest BCUT2D eigenvalue weighted by atomic mass is 10.0. The Labute approximate surface area is 122 Å². The standard InChI is InChI=1S/C15H16ClNOS/c1-10-6-4-5-9-17(10)15(18)14-13(16)11-7-2-3-8-12(11)19-14/h2-3,7-8,10H,4-6,9H2,1H3/t10-/m0/s1. The van der Waals surface area contributed by atoms with Crippen molar-refractivity contribution in [2.24, 2.45) is 0 Å². The average Bonchev–Trinajstić information content (AvgIpc) is 2.77. The smallest absolute Gasteiger partial charge is 0.265 e. The minimum atomic E-state index is 0.0957. The molecular weight excluding hydrogens is 278 g/mol. The second-order valence-electron chi connectivity index (χ2n) is 5.08. The van der Waals surface area contributed by atoms with Crippen molar-refractivity contribution in [2.45, 2.75) is 32.2 Å². The molecule has 1 amide bonds. The van der Waals surface area contributed by atoms with Crippen molar-refractivity contribution in [1.29, 1.82) is 0 Å². The molecule has 1 aliphatic rings. The third kappa shape index (κ3) is 2.26. The predicted molar refractivity (Wildman–Crippen MR) is 81.2 cm³/mol. The van der Waals surface area contributed by atoms with Gasteiger partial charge in [-0.3, -0.25) is 4.79 Å². The number of amides is 1. The summed E-state index contributed by atoms with van der Waals surface area (Å²) in [5.41, 5.74) is 0. The van der Waals surface area contributed by atoms with E-state index in [0.29, 0.717) is 15.9 Å².